The van der Waals surface area contributed by atoms with E-state index in [0.29, 0.717) is 16.4 Å². The molecule has 2 aromatic carbocycles. The number of nitrogens with one attached hydrogen (secondary N) is 1. The lowest BCUT2D eigenvalue weighted by Crippen LogP contribution is -2.20. The molecule has 0 aromatic heterocycles. The number of nitrogens with two attached hydrogens (primary N) is 1. The Balaban J connectivity index is 2.10. The monoisotopic (exact) mass is 324 g/mol. The van der Waals surface area contributed by atoms with Gasteiger partial charge in [-0.1, -0.05) is 48.9 Å². The van der Waals surface area contributed by atoms with Crippen molar-refractivity contribution in [2.75, 3.05) is 16.2 Å². The maximum Gasteiger partial charge on any atom is 0.233 e. The largest absolute Gasteiger partial charge is 0.398 e. The van der Waals surface area contributed by atoms with E-state index in [1.54, 1.807) is 12.1 Å². The second kappa shape index (κ2) is 6.37. The van der Waals surface area contributed by atoms with Crippen LogP contribution in [0.2, 0.25) is 5.02 Å². The van der Waals surface area contributed by atoms with Crippen molar-refractivity contribution in [1.82, 2.24) is 0 Å². The number of halogens is 1. The van der Waals surface area contributed by atoms with E-state index >= 15 is 0 Å². The first-order valence-corrected chi connectivity index (χ1v) is 8.51. The lowest BCUT2D eigenvalue weighted by Gasteiger charge is -2.14. The third-order valence-electron chi connectivity index (χ3n) is 3.11. The van der Waals surface area contributed by atoms with Gasteiger partial charge < -0.3 is 5.73 Å². The number of anilines is 2. The number of nitrogen functional groups attached to an aromatic ring is 1. The molecule has 0 aliphatic carbocycles. The molecule has 0 bridgehead atoms. The Morgan fingerprint density at radius 1 is 1.19 bits per heavy atom. The van der Waals surface area contributed by atoms with Crippen LogP contribution in [0.25, 0.3) is 0 Å². The minimum Gasteiger partial charge on any atom is -0.398 e. The molecule has 6 heteroatoms. The first-order valence-electron chi connectivity index (χ1n) is 6.48. The highest BCUT2D eigenvalue weighted by molar-refractivity contribution is 7.92. The molecule has 1 unspecified atom stereocenters. The van der Waals surface area contributed by atoms with Gasteiger partial charge in [-0.2, -0.15) is 0 Å². The molecular formula is C15H17ClN2O2S. The standard InChI is InChI=1S/C15H17ClN2O2S/c1-11(12-5-3-2-4-6-12)10-21(19,20)18-13-7-8-15(17)14(16)9-13/h2-9,11,18H,10,17H2,1H3. The van der Waals surface area contributed by atoms with Gasteiger partial charge in [0.05, 0.1) is 22.2 Å². The third-order valence-corrected chi connectivity index (χ3v) is 4.92. The molecule has 112 valence electrons. The number of hydrogen-bond acceptors (Lipinski definition) is 3. The summed E-state index contributed by atoms with van der Waals surface area (Å²) in [6.45, 7) is 1.88. The van der Waals surface area contributed by atoms with E-state index in [0.717, 1.165) is 5.56 Å². The van der Waals surface area contributed by atoms with Gasteiger partial charge in [-0.25, -0.2) is 8.42 Å². The van der Waals surface area contributed by atoms with Gasteiger partial charge in [-0.15, -0.1) is 0 Å². The smallest absolute Gasteiger partial charge is 0.233 e. The Bertz CT molecular complexity index is 718. The fraction of sp³-hybridized carbons (Fsp3) is 0.200. The zero-order valence-corrected chi connectivity index (χ0v) is 13.2. The zero-order chi connectivity index (χ0) is 15.5. The van der Waals surface area contributed by atoms with Gasteiger partial charge in [0, 0.05) is 0 Å². The molecule has 0 saturated carbocycles. The SMILES string of the molecule is CC(CS(=O)(=O)Nc1ccc(N)c(Cl)c1)c1ccccc1. The van der Waals surface area contributed by atoms with Crippen molar-refractivity contribution in [2.45, 2.75) is 12.8 Å². The summed E-state index contributed by atoms with van der Waals surface area (Å²) < 4.78 is 26.9. The van der Waals surface area contributed by atoms with Crippen LogP contribution in [0.5, 0.6) is 0 Å². The summed E-state index contributed by atoms with van der Waals surface area (Å²) in [5.74, 6) is -0.105. The van der Waals surface area contributed by atoms with Crippen LogP contribution in [0.1, 0.15) is 18.4 Å². The van der Waals surface area contributed by atoms with Gasteiger partial charge in [0.15, 0.2) is 0 Å². The molecule has 1 atom stereocenters. The minimum absolute atomic E-state index is 0.000983. The Morgan fingerprint density at radius 2 is 1.86 bits per heavy atom. The van der Waals surface area contributed by atoms with Gasteiger partial charge in [0.25, 0.3) is 0 Å². The second-order valence-corrected chi connectivity index (χ2v) is 7.11. The summed E-state index contributed by atoms with van der Waals surface area (Å²) in [6.07, 6.45) is 0. The quantitative estimate of drug-likeness (QED) is 0.827. The van der Waals surface area contributed by atoms with Crippen LogP contribution in [0, 0.1) is 0 Å². The van der Waals surface area contributed by atoms with E-state index < -0.39 is 10.0 Å². The molecular weight excluding hydrogens is 308 g/mol. The van der Waals surface area contributed by atoms with Gasteiger partial charge in [0.2, 0.25) is 10.0 Å². The Hall–Kier alpha value is -1.72. The fourth-order valence-corrected chi connectivity index (χ4v) is 3.62. The Morgan fingerprint density at radius 3 is 2.48 bits per heavy atom. The van der Waals surface area contributed by atoms with Gasteiger partial charge in [-0.05, 0) is 29.7 Å². The molecule has 2 rings (SSSR count). The Labute approximate surface area is 130 Å². The van der Waals surface area contributed by atoms with Crippen molar-refractivity contribution < 1.29 is 8.42 Å². The molecule has 0 amide bonds. The average Bonchev–Trinajstić information content (AvgIpc) is 2.43. The molecule has 0 saturated heterocycles. The molecule has 4 nitrogen and oxygen atoms in total. The minimum atomic E-state index is -3.46. The number of rotatable bonds is 5. The summed E-state index contributed by atoms with van der Waals surface area (Å²) >= 11 is 5.88. The van der Waals surface area contributed by atoms with E-state index in [4.69, 9.17) is 17.3 Å². The second-order valence-electron chi connectivity index (χ2n) is 4.93. The van der Waals surface area contributed by atoms with Crippen LogP contribution in [-0.2, 0) is 10.0 Å². The summed E-state index contributed by atoms with van der Waals surface area (Å²) in [7, 11) is -3.46. The molecule has 0 aliphatic rings. The van der Waals surface area contributed by atoms with Crippen LogP contribution >= 0.6 is 11.6 Å². The number of benzene rings is 2. The highest BCUT2D eigenvalue weighted by atomic mass is 35.5. The van der Waals surface area contributed by atoms with E-state index in [-0.39, 0.29) is 11.7 Å². The normalized spacial score (nSPS) is 12.9. The molecule has 21 heavy (non-hydrogen) atoms. The van der Waals surface area contributed by atoms with E-state index in [2.05, 4.69) is 4.72 Å². The van der Waals surface area contributed by atoms with Crippen molar-refractivity contribution >= 4 is 33.0 Å². The van der Waals surface area contributed by atoms with Crippen LogP contribution in [0.4, 0.5) is 11.4 Å². The van der Waals surface area contributed by atoms with Crippen LogP contribution < -0.4 is 10.5 Å². The summed E-state index contributed by atoms with van der Waals surface area (Å²) in [5, 5.41) is 0.325. The van der Waals surface area contributed by atoms with Crippen molar-refractivity contribution in [3.05, 3.63) is 59.1 Å². The van der Waals surface area contributed by atoms with Gasteiger partial charge in [-0.3, -0.25) is 4.72 Å². The molecule has 2 aromatic rings. The van der Waals surface area contributed by atoms with Crippen LogP contribution in [0.15, 0.2) is 48.5 Å². The summed E-state index contributed by atoms with van der Waals surface area (Å²) in [6, 6.07) is 14.2. The fourth-order valence-electron chi connectivity index (χ4n) is 2.02. The van der Waals surface area contributed by atoms with Crippen LogP contribution in [0.3, 0.4) is 0 Å². The predicted molar refractivity (Wildman–Crippen MR) is 88.1 cm³/mol. The van der Waals surface area contributed by atoms with Gasteiger partial charge in [0.1, 0.15) is 0 Å². The number of hydrogen-bond donors (Lipinski definition) is 2. The van der Waals surface area contributed by atoms with Crippen molar-refractivity contribution in [3.63, 3.8) is 0 Å². The molecule has 3 N–H and O–H groups in total. The topological polar surface area (TPSA) is 72.2 Å². The summed E-state index contributed by atoms with van der Waals surface area (Å²) in [5.41, 5.74) is 7.41. The Kier molecular flexibility index (Phi) is 4.75. The zero-order valence-electron chi connectivity index (χ0n) is 11.6. The van der Waals surface area contributed by atoms with E-state index in [1.165, 1.54) is 6.07 Å². The molecule has 0 spiro atoms. The van der Waals surface area contributed by atoms with Crippen molar-refractivity contribution in [3.8, 4) is 0 Å². The van der Waals surface area contributed by atoms with Gasteiger partial charge >= 0.3 is 0 Å². The van der Waals surface area contributed by atoms with E-state index in [1.807, 2.05) is 37.3 Å². The predicted octanol–water partition coefficient (Wildman–Crippen LogP) is 3.47. The molecule has 0 radical (unpaired) electrons. The highest BCUT2D eigenvalue weighted by Crippen LogP contribution is 2.24. The molecule has 0 aliphatic heterocycles. The first-order chi connectivity index (χ1) is 9.87. The lowest BCUT2D eigenvalue weighted by molar-refractivity contribution is 0.595. The maximum absolute atomic E-state index is 12.2. The lowest BCUT2D eigenvalue weighted by atomic mass is 10.0. The summed E-state index contributed by atoms with van der Waals surface area (Å²) in [4.78, 5) is 0. The van der Waals surface area contributed by atoms with Crippen molar-refractivity contribution in [1.29, 1.82) is 0 Å². The molecule has 0 heterocycles. The number of sulfonamides is 1. The molecule has 0 fully saturated rings. The average molecular weight is 325 g/mol. The van der Waals surface area contributed by atoms with Crippen LogP contribution in [-0.4, -0.2) is 14.2 Å². The van der Waals surface area contributed by atoms with Crippen molar-refractivity contribution in [2.24, 2.45) is 0 Å². The highest BCUT2D eigenvalue weighted by Gasteiger charge is 2.17. The maximum atomic E-state index is 12.2. The van der Waals surface area contributed by atoms with E-state index in [9.17, 15) is 8.42 Å². The first kappa shape index (κ1) is 15.7. The third kappa shape index (κ3) is 4.37.